The zero-order valence-corrected chi connectivity index (χ0v) is 15.5. The van der Waals surface area contributed by atoms with Gasteiger partial charge >= 0.3 is 0 Å². The molecule has 6 nitrogen and oxygen atoms in total. The highest BCUT2D eigenvalue weighted by Crippen LogP contribution is 2.26. The van der Waals surface area contributed by atoms with E-state index in [4.69, 9.17) is 16.3 Å². The van der Waals surface area contributed by atoms with Gasteiger partial charge in [0, 0.05) is 50.7 Å². The van der Waals surface area contributed by atoms with Crippen LogP contribution in [-0.4, -0.2) is 79.9 Å². The van der Waals surface area contributed by atoms with Crippen LogP contribution < -0.4 is 5.32 Å². The first kappa shape index (κ1) is 17.9. The van der Waals surface area contributed by atoms with E-state index in [0.717, 1.165) is 56.7 Å². The highest BCUT2D eigenvalue weighted by molar-refractivity contribution is 7.16. The first-order valence-electron chi connectivity index (χ1n) is 8.38. The van der Waals surface area contributed by atoms with E-state index in [9.17, 15) is 5.11 Å². The zero-order chi connectivity index (χ0) is 16.9. The molecule has 24 heavy (non-hydrogen) atoms. The lowest BCUT2D eigenvalue weighted by Gasteiger charge is -2.32. The van der Waals surface area contributed by atoms with Gasteiger partial charge in [0.15, 0.2) is 5.96 Å². The third kappa shape index (κ3) is 4.40. The summed E-state index contributed by atoms with van der Waals surface area (Å²) in [5.74, 6) is 0.854. The largest absolute Gasteiger partial charge is 0.386 e. The van der Waals surface area contributed by atoms with Crippen molar-refractivity contribution in [2.75, 3.05) is 53.0 Å². The van der Waals surface area contributed by atoms with Crippen LogP contribution >= 0.6 is 22.9 Å². The lowest BCUT2D eigenvalue weighted by molar-refractivity contribution is 0.0194. The van der Waals surface area contributed by atoms with Crippen LogP contribution in [0.2, 0.25) is 4.34 Å². The molecule has 134 valence electrons. The summed E-state index contributed by atoms with van der Waals surface area (Å²) in [6.45, 7) is 6.09. The molecule has 3 rings (SSSR count). The van der Waals surface area contributed by atoms with Crippen LogP contribution in [-0.2, 0) is 4.74 Å². The van der Waals surface area contributed by atoms with E-state index < -0.39 is 6.10 Å². The van der Waals surface area contributed by atoms with Crippen LogP contribution in [0.5, 0.6) is 0 Å². The molecule has 3 heterocycles. The standard InChI is InChI=1S/C16H25ClN4O2S/c1-18-16(19-10-13(22)14-2-3-15(17)24-14)21-5-4-12(11-21)20-6-8-23-9-7-20/h2-3,12-13,22H,4-11H2,1H3,(H,18,19). The van der Waals surface area contributed by atoms with Crippen LogP contribution in [0, 0.1) is 0 Å². The molecule has 0 amide bonds. The Hall–Kier alpha value is -0.860. The van der Waals surface area contributed by atoms with E-state index in [-0.39, 0.29) is 0 Å². The predicted molar refractivity (Wildman–Crippen MR) is 98.0 cm³/mol. The van der Waals surface area contributed by atoms with E-state index in [0.29, 0.717) is 16.9 Å². The van der Waals surface area contributed by atoms with Gasteiger partial charge in [-0.25, -0.2) is 0 Å². The van der Waals surface area contributed by atoms with Gasteiger partial charge in [-0.3, -0.25) is 9.89 Å². The number of nitrogens with one attached hydrogen (secondary N) is 1. The molecule has 1 aromatic heterocycles. The smallest absolute Gasteiger partial charge is 0.193 e. The fraction of sp³-hybridized carbons (Fsp3) is 0.688. The Kier molecular flexibility index (Phi) is 6.35. The van der Waals surface area contributed by atoms with Crippen LogP contribution in [0.4, 0.5) is 0 Å². The zero-order valence-electron chi connectivity index (χ0n) is 13.9. The third-order valence-corrected chi connectivity index (χ3v) is 5.95. The van der Waals surface area contributed by atoms with Gasteiger partial charge in [0.25, 0.3) is 0 Å². The second-order valence-electron chi connectivity index (χ2n) is 6.12. The number of halogens is 1. The lowest BCUT2D eigenvalue weighted by atomic mass is 10.2. The summed E-state index contributed by atoms with van der Waals surface area (Å²) < 4.78 is 6.13. The van der Waals surface area contributed by atoms with Gasteiger partial charge in [0.2, 0.25) is 0 Å². The van der Waals surface area contributed by atoms with Crippen molar-refractivity contribution in [3.8, 4) is 0 Å². The third-order valence-electron chi connectivity index (χ3n) is 4.61. The van der Waals surface area contributed by atoms with Gasteiger partial charge in [-0.1, -0.05) is 11.6 Å². The first-order valence-corrected chi connectivity index (χ1v) is 9.57. The number of thiophene rings is 1. The number of guanidine groups is 1. The Bertz CT molecular complexity index is 562. The van der Waals surface area contributed by atoms with Crippen LogP contribution in [0.25, 0.3) is 0 Å². The molecule has 2 aliphatic rings. The number of hydrogen-bond acceptors (Lipinski definition) is 5. The van der Waals surface area contributed by atoms with Crippen molar-refractivity contribution in [3.05, 3.63) is 21.3 Å². The number of rotatable bonds is 4. The average molecular weight is 373 g/mol. The summed E-state index contributed by atoms with van der Waals surface area (Å²) in [4.78, 5) is 10.0. The first-order chi connectivity index (χ1) is 11.7. The van der Waals surface area contributed by atoms with E-state index in [1.807, 2.05) is 12.1 Å². The Morgan fingerprint density at radius 3 is 2.92 bits per heavy atom. The normalized spacial score (nSPS) is 24.4. The summed E-state index contributed by atoms with van der Waals surface area (Å²) >= 11 is 7.34. The molecule has 2 N–H and O–H groups in total. The highest BCUT2D eigenvalue weighted by Gasteiger charge is 2.30. The number of hydrogen-bond donors (Lipinski definition) is 2. The fourth-order valence-corrected chi connectivity index (χ4v) is 4.35. The molecule has 2 fully saturated rings. The molecule has 0 aromatic carbocycles. The molecule has 2 atom stereocenters. The quantitative estimate of drug-likeness (QED) is 0.618. The second-order valence-corrected chi connectivity index (χ2v) is 7.87. The molecular formula is C16H25ClN4O2S. The number of ether oxygens (including phenoxy) is 1. The predicted octanol–water partition coefficient (Wildman–Crippen LogP) is 1.42. The molecule has 0 radical (unpaired) electrons. The summed E-state index contributed by atoms with van der Waals surface area (Å²) in [5, 5.41) is 13.6. The molecule has 0 spiro atoms. The van der Waals surface area contributed by atoms with Gasteiger partial charge in [-0.2, -0.15) is 0 Å². The molecule has 2 unspecified atom stereocenters. The summed E-state index contributed by atoms with van der Waals surface area (Å²) in [5.41, 5.74) is 0. The molecule has 2 saturated heterocycles. The highest BCUT2D eigenvalue weighted by atomic mass is 35.5. The maximum Gasteiger partial charge on any atom is 0.193 e. The molecule has 0 saturated carbocycles. The number of nitrogens with zero attached hydrogens (tertiary/aromatic N) is 3. The SMILES string of the molecule is CN=C(NCC(O)c1ccc(Cl)s1)N1CCC(N2CCOCC2)C1. The minimum absolute atomic E-state index is 0.433. The summed E-state index contributed by atoms with van der Waals surface area (Å²) in [7, 11) is 1.79. The monoisotopic (exact) mass is 372 g/mol. The second kappa shape index (κ2) is 8.49. The van der Waals surface area contributed by atoms with Crippen LogP contribution in [0.3, 0.4) is 0 Å². The number of aliphatic hydroxyl groups is 1. The van der Waals surface area contributed by atoms with Crippen molar-refractivity contribution in [1.82, 2.24) is 15.1 Å². The Labute approximate surface area is 152 Å². The topological polar surface area (TPSA) is 60.3 Å². The molecular weight excluding hydrogens is 348 g/mol. The number of aliphatic hydroxyl groups excluding tert-OH is 1. The van der Waals surface area contributed by atoms with Gasteiger partial charge in [-0.05, 0) is 18.6 Å². The van der Waals surface area contributed by atoms with Crippen molar-refractivity contribution >= 4 is 28.9 Å². The maximum absolute atomic E-state index is 10.3. The van der Waals surface area contributed by atoms with Crippen molar-refractivity contribution in [2.24, 2.45) is 4.99 Å². The number of likely N-dealkylation sites (tertiary alicyclic amines) is 1. The van der Waals surface area contributed by atoms with Gasteiger partial charge in [0.1, 0.15) is 6.10 Å². The van der Waals surface area contributed by atoms with Gasteiger partial charge in [-0.15, -0.1) is 11.3 Å². The van der Waals surface area contributed by atoms with Gasteiger partial charge in [0.05, 0.1) is 17.6 Å². The lowest BCUT2D eigenvalue weighted by Crippen LogP contribution is -2.47. The van der Waals surface area contributed by atoms with Crippen molar-refractivity contribution < 1.29 is 9.84 Å². The minimum atomic E-state index is -0.572. The number of aliphatic imine (C=N–C) groups is 1. The van der Waals surface area contributed by atoms with E-state index >= 15 is 0 Å². The summed E-state index contributed by atoms with van der Waals surface area (Å²) in [6, 6.07) is 4.24. The molecule has 2 aliphatic heterocycles. The summed E-state index contributed by atoms with van der Waals surface area (Å²) in [6.07, 6.45) is 0.570. The Morgan fingerprint density at radius 1 is 1.46 bits per heavy atom. The van der Waals surface area contributed by atoms with Crippen LogP contribution in [0.1, 0.15) is 17.4 Å². The maximum atomic E-state index is 10.3. The average Bonchev–Trinajstić information content (AvgIpc) is 3.25. The van der Waals surface area contributed by atoms with Crippen molar-refractivity contribution in [3.63, 3.8) is 0 Å². The van der Waals surface area contributed by atoms with E-state index in [2.05, 4.69) is 20.1 Å². The van der Waals surface area contributed by atoms with Gasteiger partial charge < -0.3 is 20.1 Å². The minimum Gasteiger partial charge on any atom is -0.386 e. The molecule has 8 heteroatoms. The molecule has 0 bridgehead atoms. The van der Waals surface area contributed by atoms with E-state index in [1.54, 1.807) is 7.05 Å². The number of morpholine rings is 1. The van der Waals surface area contributed by atoms with Crippen molar-refractivity contribution in [2.45, 2.75) is 18.6 Å². The molecule has 0 aliphatic carbocycles. The fourth-order valence-electron chi connectivity index (χ4n) is 3.30. The van der Waals surface area contributed by atoms with Crippen molar-refractivity contribution in [1.29, 1.82) is 0 Å². The van der Waals surface area contributed by atoms with Crippen LogP contribution in [0.15, 0.2) is 17.1 Å². The molecule has 1 aromatic rings. The van der Waals surface area contributed by atoms with E-state index in [1.165, 1.54) is 11.3 Å². The Balaban J connectivity index is 1.49. The Morgan fingerprint density at radius 2 is 2.25 bits per heavy atom.